The van der Waals surface area contributed by atoms with E-state index in [1.807, 2.05) is 37.4 Å². The summed E-state index contributed by atoms with van der Waals surface area (Å²) in [6.07, 6.45) is 2.04. The van der Waals surface area contributed by atoms with E-state index in [4.69, 9.17) is 5.11 Å². The van der Waals surface area contributed by atoms with Crippen molar-refractivity contribution in [3.05, 3.63) is 36.0 Å². The first-order valence-corrected chi connectivity index (χ1v) is 4.96. The minimum Gasteiger partial charge on any atom is -0.481 e. The van der Waals surface area contributed by atoms with E-state index in [2.05, 4.69) is 4.98 Å². The van der Waals surface area contributed by atoms with Crippen molar-refractivity contribution in [3.8, 4) is 0 Å². The Morgan fingerprint density at radius 1 is 1.47 bits per heavy atom. The van der Waals surface area contributed by atoms with Gasteiger partial charge in [0.1, 0.15) is 0 Å². The Labute approximate surface area is 87.7 Å². The number of aromatic nitrogens is 1. The molecule has 3 heteroatoms. The highest BCUT2D eigenvalue weighted by molar-refractivity contribution is 5.83. The zero-order valence-electron chi connectivity index (χ0n) is 8.53. The molecule has 1 unspecified atom stereocenters. The molecule has 2 rings (SSSR count). The number of H-pyrrole nitrogens is 1. The van der Waals surface area contributed by atoms with Gasteiger partial charge in [0.05, 0.1) is 6.42 Å². The number of benzene rings is 1. The molecule has 1 atom stereocenters. The smallest absolute Gasteiger partial charge is 0.303 e. The Bertz CT molecular complexity index is 487. The lowest BCUT2D eigenvalue weighted by atomic mass is 9.96. The van der Waals surface area contributed by atoms with Crippen LogP contribution in [0, 0.1) is 0 Å². The molecule has 1 aromatic heterocycles. The van der Waals surface area contributed by atoms with Crippen LogP contribution in [0.2, 0.25) is 0 Å². The second-order valence-electron chi connectivity index (χ2n) is 3.79. The molecule has 2 aromatic rings. The van der Waals surface area contributed by atoms with Crippen LogP contribution in [-0.4, -0.2) is 16.1 Å². The Balaban J connectivity index is 2.42. The van der Waals surface area contributed by atoms with Crippen molar-refractivity contribution in [2.24, 2.45) is 0 Å². The summed E-state index contributed by atoms with van der Waals surface area (Å²) in [4.78, 5) is 13.8. The first-order valence-electron chi connectivity index (χ1n) is 4.96. The average Bonchev–Trinajstić information content (AvgIpc) is 2.63. The monoisotopic (exact) mass is 203 g/mol. The number of carboxylic acids is 1. The van der Waals surface area contributed by atoms with E-state index in [1.165, 1.54) is 0 Å². The summed E-state index contributed by atoms with van der Waals surface area (Å²) in [5, 5.41) is 9.89. The third kappa shape index (κ3) is 1.86. The topological polar surface area (TPSA) is 53.1 Å². The molecule has 0 radical (unpaired) electrons. The lowest BCUT2D eigenvalue weighted by Crippen LogP contribution is -2.03. The van der Waals surface area contributed by atoms with Crippen molar-refractivity contribution >= 4 is 16.9 Å². The Morgan fingerprint density at radius 2 is 2.27 bits per heavy atom. The molecule has 1 heterocycles. The second kappa shape index (κ2) is 3.77. The second-order valence-corrected chi connectivity index (χ2v) is 3.79. The summed E-state index contributed by atoms with van der Waals surface area (Å²) in [6, 6.07) is 7.95. The predicted molar refractivity (Wildman–Crippen MR) is 59.0 cm³/mol. The van der Waals surface area contributed by atoms with Gasteiger partial charge >= 0.3 is 5.97 Å². The molecular weight excluding hydrogens is 190 g/mol. The number of carboxylic acid groups (broad SMARTS) is 1. The zero-order chi connectivity index (χ0) is 10.8. The van der Waals surface area contributed by atoms with Crippen LogP contribution in [0.5, 0.6) is 0 Å². The molecule has 0 aliphatic rings. The molecule has 3 nitrogen and oxygen atoms in total. The van der Waals surface area contributed by atoms with E-state index < -0.39 is 5.97 Å². The maximum absolute atomic E-state index is 10.6. The summed E-state index contributed by atoms with van der Waals surface area (Å²) in [7, 11) is 0. The van der Waals surface area contributed by atoms with Gasteiger partial charge in [-0.25, -0.2) is 0 Å². The largest absolute Gasteiger partial charge is 0.481 e. The first-order chi connectivity index (χ1) is 7.18. The lowest BCUT2D eigenvalue weighted by Gasteiger charge is -2.10. The number of fused-ring (bicyclic) bond motifs is 1. The molecule has 1 aromatic carbocycles. The van der Waals surface area contributed by atoms with Crippen molar-refractivity contribution in [1.29, 1.82) is 0 Å². The van der Waals surface area contributed by atoms with Crippen molar-refractivity contribution in [3.63, 3.8) is 0 Å². The molecule has 0 fully saturated rings. The lowest BCUT2D eigenvalue weighted by molar-refractivity contribution is -0.137. The predicted octanol–water partition coefficient (Wildman–Crippen LogP) is 2.75. The minimum absolute atomic E-state index is 0.0323. The molecular formula is C12H13NO2. The number of hydrogen-bond donors (Lipinski definition) is 2. The van der Waals surface area contributed by atoms with Crippen LogP contribution in [0.1, 0.15) is 24.8 Å². The van der Waals surface area contributed by atoms with E-state index in [-0.39, 0.29) is 12.3 Å². The first kappa shape index (κ1) is 9.77. The maximum Gasteiger partial charge on any atom is 0.303 e. The van der Waals surface area contributed by atoms with Gasteiger partial charge in [-0.3, -0.25) is 4.79 Å². The van der Waals surface area contributed by atoms with Crippen molar-refractivity contribution in [2.75, 3.05) is 0 Å². The molecule has 2 N–H and O–H groups in total. The Morgan fingerprint density at radius 3 is 3.00 bits per heavy atom. The van der Waals surface area contributed by atoms with Crippen molar-refractivity contribution < 1.29 is 9.90 Å². The van der Waals surface area contributed by atoms with Crippen LogP contribution >= 0.6 is 0 Å². The van der Waals surface area contributed by atoms with Gasteiger partial charge in [-0.15, -0.1) is 0 Å². The standard InChI is InChI=1S/C12H13NO2/c1-8(7-11(14)15)10-4-2-3-9-5-6-13-12(9)10/h2-6,8,13H,7H2,1H3,(H,14,15). The Kier molecular flexibility index (Phi) is 2.46. The molecule has 0 spiro atoms. The fraction of sp³-hybridized carbons (Fsp3) is 0.250. The van der Waals surface area contributed by atoms with Crippen LogP contribution in [0.25, 0.3) is 10.9 Å². The maximum atomic E-state index is 10.6. The number of para-hydroxylation sites is 1. The highest BCUT2D eigenvalue weighted by Crippen LogP contribution is 2.26. The number of aliphatic carboxylic acids is 1. The number of nitrogens with one attached hydrogen (secondary N) is 1. The van der Waals surface area contributed by atoms with E-state index in [1.54, 1.807) is 0 Å². The van der Waals surface area contributed by atoms with E-state index in [0.717, 1.165) is 16.5 Å². The highest BCUT2D eigenvalue weighted by Gasteiger charge is 2.13. The van der Waals surface area contributed by atoms with Crippen LogP contribution in [0.3, 0.4) is 0 Å². The third-order valence-electron chi connectivity index (χ3n) is 2.63. The van der Waals surface area contributed by atoms with E-state index >= 15 is 0 Å². The molecule has 78 valence electrons. The van der Waals surface area contributed by atoms with Gasteiger partial charge in [-0.1, -0.05) is 25.1 Å². The summed E-state index contributed by atoms with van der Waals surface area (Å²) >= 11 is 0. The number of rotatable bonds is 3. The average molecular weight is 203 g/mol. The normalized spacial score (nSPS) is 12.9. The molecule has 0 aliphatic carbocycles. The summed E-state index contributed by atoms with van der Waals surface area (Å²) in [5.74, 6) is -0.726. The van der Waals surface area contributed by atoms with Gasteiger partial charge in [0.15, 0.2) is 0 Å². The SMILES string of the molecule is CC(CC(=O)O)c1cccc2cc[nH]c12. The van der Waals surface area contributed by atoms with Gasteiger partial charge in [0.2, 0.25) is 0 Å². The van der Waals surface area contributed by atoms with Crippen LogP contribution in [-0.2, 0) is 4.79 Å². The molecule has 0 saturated carbocycles. The van der Waals surface area contributed by atoms with E-state index in [9.17, 15) is 4.79 Å². The highest BCUT2D eigenvalue weighted by atomic mass is 16.4. The minimum atomic E-state index is -0.758. The third-order valence-corrected chi connectivity index (χ3v) is 2.63. The fourth-order valence-electron chi connectivity index (χ4n) is 1.89. The molecule has 15 heavy (non-hydrogen) atoms. The van der Waals surface area contributed by atoms with E-state index in [0.29, 0.717) is 0 Å². The van der Waals surface area contributed by atoms with Gasteiger partial charge in [0, 0.05) is 11.7 Å². The quantitative estimate of drug-likeness (QED) is 0.805. The Hall–Kier alpha value is -1.77. The molecule has 0 aliphatic heterocycles. The van der Waals surface area contributed by atoms with Gasteiger partial charge < -0.3 is 10.1 Å². The van der Waals surface area contributed by atoms with Crippen molar-refractivity contribution in [1.82, 2.24) is 4.98 Å². The van der Waals surface area contributed by atoms with Crippen molar-refractivity contribution in [2.45, 2.75) is 19.3 Å². The summed E-state index contributed by atoms with van der Waals surface area (Å²) in [6.45, 7) is 1.93. The fourth-order valence-corrected chi connectivity index (χ4v) is 1.89. The van der Waals surface area contributed by atoms with Crippen LogP contribution < -0.4 is 0 Å². The zero-order valence-corrected chi connectivity index (χ0v) is 8.53. The number of aromatic amines is 1. The van der Waals surface area contributed by atoms with Crippen LogP contribution in [0.15, 0.2) is 30.5 Å². The van der Waals surface area contributed by atoms with Crippen LogP contribution in [0.4, 0.5) is 0 Å². The summed E-state index contributed by atoms with van der Waals surface area (Å²) < 4.78 is 0. The molecule has 0 amide bonds. The molecule has 0 bridgehead atoms. The molecule has 0 saturated heterocycles. The van der Waals surface area contributed by atoms with Gasteiger partial charge in [0.25, 0.3) is 0 Å². The van der Waals surface area contributed by atoms with Gasteiger partial charge in [-0.05, 0) is 22.9 Å². The van der Waals surface area contributed by atoms with Gasteiger partial charge in [-0.2, -0.15) is 0 Å². The summed E-state index contributed by atoms with van der Waals surface area (Å²) in [5.41, 5.74) is 2.12. The number of carbonyl (C=O) groups is 1. The number of hydrogen-bond acceptors (Lipinski definition) is 1.